The van der Waals surface area contributed by atoms with Gasteiger partial charge in [0.25, 0.3) is 0 Å². The first-order chi connectivity index (χ1) is 24.4. The van der Waals surface area contributed by atoms with Crippen LogP contribution in [0.4, 0.5) is 22.0 Å². The fourth-order valence-electron chi connectivity index (χ4n) is 6.21. The van der Waals surface area contributed by atoms with E-state index >= 15 is 8.78 Å². The zero-order chi connectivity index (χ0) is 36.0. The molecule has 0 bridgehead atoms. The van der Waals surface area contributed by atoms with Crippen molar-refractivity contribution in [2.45, 2.75) is 44.7 Å². The topological polar surface area (TPSA) is 127 Å². The molecule has 11 nitrogen and oxygen atoms in total. The lowest BCUT2D eigenvalue weighted by molar-refractivity contribution is -0.137. The summed E-state index contributed by atoms with van der Waals surface area (Å²) in [4.78, 5) is 24.7. The van der Waals surface area contributed by atoms with Crippen LogP contribution in [-0.2, 0) is 36.9 Å². The predicted molar refractivity (Wildman–Crippen MR) is 169 cm³/mol. The molecule has 0 radical (unpaired) electrons. The Kier molecular flexibility index (Phi) is 8.87. The van der Waals surface area contributed by atoms with E-state index in [1.165, 1.54) is 32.4 Å². The highest BCUT2D eigenvalue weighted by atomic mass is 19.4. The third-order valence-electron chi connectivity index (χ3n) is 8.87. The number of halogens is 5. The van der Waals surface area contributed by atoms with E-state index in [9.17, 15) is 23.1 Å². The maximum atomic E-state index is 16.2. The van der Waals surface area contributed by atoms with E-state index in [0.29, 0.717) is 42.0 Å². The van der Waals surface area contributed by atoms with Gasteiger partial charge in [0.15, 0.2) is 5.82 Å². The summed E-state index contributed by atoms with van der Waals surface area (Å²) in [7, 11) is 2.62. The number of alkyl halides is 3. The molecule has 2 aliphatic heterocycles. The van der Waals surface area contributed by atoms with Crippen molar-refractivity contribution in [1.82, 2.24) is 19.5 Å². The molecular weight excluding hydrogens is 683 g/mol. The van der Waals surface area contributed by atoms with E-state index in [-0.39, 0.29) is 76.9 Å². The zero-order valence-electron chi connectivity index (χ0n) is 27.1. The largest absolute Gasteiger partial charge is 0.496 e. The lowest BCUT2D eigenvalue weighted by Gasteiger charge is -2.27. The van der Waals surface area contributed by atoms with Crippen molar-refractivity contribution in [3.05, 3.63) is 87.9 Å². The Morgan fingerprint density at radius 2 is 1.82 bits per heavy atom. The van der Waals surface area contributed by atoms with Crippen LogP contribution in [0.15, 0.2) is 42.6 Å². The molecule has 1 saturated heterocycles. The van der Waals surface area contributed by atoms with Gasteiger partial charge in [0, 0.05) is 41.7 Å². The summed E-state index contributed by atoms with van der Waals surface area (Å²) in [5.41, 5.74) is 0.712. The molecule has 2 aliphatic rings. The smallest absolute Gasteiger partial charge is 0.416 e. The van der Waals surface area contributed by atoms with Crippen LogP contribution in [0, 0.1) is 11.6 Å². The summed E-state index contributed by atoms with van der Waals surface area (Å²) in [5, 5.41) is 9.72. The van der Waals surface area contributed by atoms with Gasteiger partial charge in [-0.2, -0.15) is 18.2 Å². The molecule has 3 aromatic carbocycles. The number of imidazole rings is 1. The highest BCUT2D eigenvalue weighted by Crippen LogP contribution is 2.42. The first-order valence-electron chi connectivity index (χ1n) is 15.7. The number of aromatic carboxylic acids is 1. The molecule has 0 saturated carbocycles. The van der Waals surface area contributed by atoms with Crippen LogP contribution in [-0.4, -0.2) is 64.1 Å². The van der Waals surface area contributed by atoms with Crippen LogP contribution in [0.3, 0.4) is 0 Å². The van der Waals surface area contributed by atoms with Crippen LogP contribution in [0.5, 0.6) is 23.3 Å². The van der Waals surface area contributed by atoms with Gasteiger partial charge in [-0.15, -0.1) is 0 Å². The van der Waals surface area contributed by atoms with Crippen LogP contribution in [0.2, 0.25) is 0 Å². The third-order valence-corrected chi connectivity index (χ3v) is 8.87. The molecule has 1 fully saturated rings. The molecule has 51 heavy (non-hydrogen) atoms. The van der Waals surface area contributed by atoms with E-state index in [0.717, 1.165) is 30.8 Å². The molecule has 16 heteroatoms. The van der Waals surface area contributed by atoms with Crippen LogP contribution in [0.25, 0.3) is 22.3 Å². The van der Waals surface area contributed by atoms with Gasteiger partial charge in [-0.3, -0.25) is 0 Å². The predicted octanol–water partition coefficient (Wildman–Crippen LogP) is 6.40. The van der Waals surface area contributed by atoms with Crippen molar-refractivity contribution in [3.63, 3.8) is 0 Å². The second-order valence-electron chi connectivity index (χ2n) is 11.9. The number of nitrogens with zero attached hydrogens (tertiary/aromatic N) is 4. The SMILES string of the molecule is COc1cc(C(F)(F)F)ccc1COc1ncc(F)c(-c2cc(F)c(Cc3nc4c(OC)cc(C(=O)O)cc4n3C[C@@H]3CCO3)c3c2OCC3)n1. The number of carboxylic acid groups (broad SMARTS) is 1. The van der Waals surface area contributed by atoms with Gasteiger partial charge in [-0.05, 0) is 36.8 Å². The Hall–Kier alpha value is -5.51. The summed E-state index contributed by atoms with van der Waals surface area (Å²) in [5.74, 6) is -1.89. The van der Waals surface area contributed by atoms with Crippen molar-refractivity contribution < 1.29 is 55.5 Å². The average Bonchev–Trinajstić information content (AvgIpc) is 3.71. The molecule has 4 heterocycles. The van der Waals surface area contributed by atoms with Crippen molar-refractivity contribution in [2.75, 3.05) is 27.4 Å². The molecule has 5 aromatic rings. The summed E-state index contributed by atoms with van der Waals surface area (Å²) in [6.45, 7) is 0.821. The van der Waals surface area contributed by atoms with Crippen molar-refractivity contribution >= 4 is 17.0 Å². The van der Waals surface area contributed by atoms with E-state index in [1.54, 1.807) is 0 Å². The lowest BCUT2D eigenvalue weighted by atomic mass is 9.96. The molecule has 0 spiro atoms. The van der Waals surface area contributed by atoms with Gasteiger partial charge in [0.05, 0.1) is 56.3 Å². The average molecular weight is 713 g/mol. The standard InChI is InChI=1S/C35H29F5N4O7/c1-47-27-11-19(35(38,39)40)4-3-17(27)16-51-34-41-14-25(37)30(43-34)23-12-24(36)22(21-6-8-50-32(21)23)13-29-42-31-26(44(29)15-20-5-7-49-20)9-18(33(45)46)10-28(31)48-2/h3-4,9-12,14,20H,5-8,13,15-16H2,1-2H3,(H,45,46)/t20-/m0/s1. The van der Waals surface area contributed by atoms with Gasteiger partial charge in [-0.25, -0.2) is 23.5 Å². The van der Waals surface area contributed by atoms with Crippen LogP contribution >= 0.6 is 0 Å². The Morgan fingerprint density at radius 1 is 1.04 bits per heavy atom. The van der Waals surface area contributed by atoms with E-state index in [2.05, 4.69) is 9.97 Å². The number of carboxylic acids is 1. The minimum atomic E-state index is -4.58. The van der Waals surface area contributed by atoms with E-state index in [1.807, 2.05) is 4.57 Å². The third kappa shape index (κ3) is 6.46. The minimum Gasteiger partial charge on any atom is -0.496 e. The van der Waals surface area contributed by atoms with Gasteiger partial charge >= 0.3 is 18.2 Å². The van der Waals surface area contributed by atoms with Crippen molar-refractivity contribution in [1.29, 1.82) is 0 Å². The molecule has 1 N–H and O–H groups in total. The second-order valence-corrected chi connectivity index (χ2v) is 11.9. The number of aromatic nitrogens is 4. The second kappa shape index (κ2) is 13.3. The number of hydrogen-bond donors (Lipinski definition) is 1. The molecule has 2 aromatic heterocycles. The molecule has 0 unspecified atom stereocenters. The lowest BCUT2D eigenvalue weighted by Crippen LogP contribution is -2.31. The monoisotopic (exact) mass is 712 g/mol. The van der Waals surface area contributed by atoms with E-state index < -0.39 is 29.3 Å². The van der Waals surface area contributed by atoms with Gasteiger partial charge in [0.2, 0.25) is 0 Å². The summed E-state index contributed by atoms with van der Waals surface area (Å²) >= 11 is 0. The van der Waals surface area contributed by atoms with E-state index in [4.69, 9.17) is 28.7 Å². The highest BCUT2D eigenvalue weighted by Gasteiger charge is 2.32. The number of methoxy groups -OCH3 is 2. The number of hydrogen-bond acceptors (Lipinski definition) is 9. The number of rotatable bonds is 11. The molecular formula is C35H29F5N4O7. The summed E-state index contributed by atoms with van der Waals surface area (Å²) in [6, 6.07) is 6.57. The van der Waals surface area contributed by atoms with Crippen LogP contribution < -0.4 is 18.9 Å². The maximum absolute atomic E-state index is 16.2. The Balaban J connectivity index is 1.23. The highest BCUT2D eigenvalue weighted by molar-refractivity contribution is 5.95. The quantitative estimate of drug-likeness (QED) is 0.154. The Bertz CT molecular complexity index is 2170. The fraction of sp³-hybridized carbons (Fsp3) is 0.314. The van der Waals surface area contributed by atoms with Crippen molar-refractivity contribution in [3.8, 4) is 34.5 Å². The summed E-state index contributed by atoms with van der Waals surface area (Å²) < 4.78 is 100. The molecule has 7 rings (SSSR count). The van der Waals surface area contributed by atoms with Gasteiger partial charge in [-0.1, -0.05) is 6.07 Å². The molecule has 1 atom stereocenters. The first-order valence-corrected chi connectivity index (χ1v) is 15.7. The number of fused-ring (bicyclic) bond motifs is 2. The molecule has 266 valence electrons. The molecule has 0 amide bonds. The normalized spacial score (nSPS) is 15.3. The van der Waals surface area contributed by atoms with Crippen LogP contribution in [0.1, 0.15) is 44.9 Å². The fourth-order valence-corrected chi connectivity index (χ4v) is 6.21. The number of ether oxygens (including phenoxy) is 5. The van der Waals surface area contributed by atoms with Gasteiger partial charge in [0.1, 0.15) is 46.7 Å². The number of carbonyl (C=O) groups is 1. The van der Waals surface area contributed by atoms with Gasteiger partial charge < -0.3 is 33.4 Å². The maximum Gasteiger partial charge on any atom is 0.416 e. The Labute approximate surface area is 286 Å². The summed E-state index contributed by atoms with van der Waals surface area (Å²) in [6.07, 6.45) is -2.79. The number of benzene rings is 3. The minimum absolute atomic E-state index is 0.000117. The zero-order valence-corrected chi connectivity index (χ0v) is 27.1. The first kappa shape index (κ1) is 34.0. The van der Waals surface area contributed by atoms with Crippen molar-refractivity contribution in [2.24, 2.45) is 0 Å². The Morgan fingerprint density at radius 3 is 2.51 bits per heavy atom. The molecule has 0 aliphatic carbocycles.